The van der Waals surface area contributed by atoms with Gasteiger partial charge in [-0.15, -0.1) is 0 Å². The summed E-state index contributed by atoms with van der Waals surface area (Å²) in [6, 6.07) is 13.1. The number of carbonyl (C=O) groups excluding carboxylic acids is 2. The maximum Gasteiger partial charge on any atom is 0.313 e. The van der Waals surface area contributed by atoms with Crippen LogP contribution in [0.4, 0.5) is 15.8 Å². The van der Waals surface area contributed by atoms with Crippen LogP contribution in [-0.2, 0) is 16.1 Å². The molecule has 1 aliphatic heterocycles. The van der Waals surface area contributed by atoms with Gasteiger partial charge in [0.1, 0.15) is 0 Å². The molecule has 8 nitrogen and oxygen atoms in total. The molecule has 2 aromatic carbocycles. The number of benzene rings is 2. The number of anilines is 1. The van der Waals surface area contributed by atoms with Crippen LogP contribution in [0.3, 0.4) is 0 Å². The topological polar surface area (TPSA) is 105 Å². The second-order valence-electron chi connectivity index (χ2n) is 7.29. The van der Waals surface area contributed by atoms with Gasteiger partial charge in [-0.05, 0) is 49.5 Å². The zero-order chi connectivity index (χ0) is 21.5. The van der Waals surface area contributed by atoms with E-state index in [2.05, 4.69) is 27.7 Å². The summed E-state index contributed by atoms with van der Waals surface area (Å²) in [5.74, 6) is -2.51. The van der Waals surface area contributed by atoms with Crippen molar-refractivity contribution in [3.8, 4) is 0 Å². The summed E-state index contributed by atoms with van der Waals surface area (Å²) < 4.78 is 13.4. The fourth-order valence-electron chi connectivity index (χ4n) is 3.43. The summed E-state index contributed by atoms with van der Waals surface area (Å²) in [5.41, 5.74) is 0.481. The molecule has 0 bridgehead atoms. The van der Waals surface area contributed by atoms with Crippen LogP contribution in [0.15, 0.2) is 48.5 Å². The Bertz CT molecular complexity index is 914. The molecule has 30 heavy (non-hydrogen) atoms. The minimum atomic E-state index is -1.01. The van der Waals surface area contributed by atoms with Crippen molar-refractivity contribution in [1.29, 1.82) is 0 Å². The summed E-state index contributed by atoms with van der Waals surface area (Å²) in [7, 11) is 0. The molecular weight excluding hydrogens is 391 g/mol. The number of nitrogens with one attached hydrogen (secondary N) is 2. The van der Waals surface area contributed by atoms with Crippen LogP contribution in [0.5, 0.6) is 0 Å². The van der Waals surface area contributed by atoms with Crippen molar-refractivity contribution in [3.05, 3.63) is 70.0 Å². The predicted octanol–water partition coefficient (Wildman–Crippen LogP) is 2.70. The fraction of sp³-hybridized carbons (Fsp3) is 0.333. The van der Waals surface area contributed by atoms with Gasteiger partial charge in [0, 0.05) is 24.8 Å². The standard InChI is InChI=1S/C21H23FN4O4/c22-18-7-6-17(12-19(18)26(29)30)24-21(28)20(27)23-13-15-8-10-25(11-9-15)14-16-4-2-1-3-5-16/h1-7,12,15H,8-11,13-14H2,(H,23,27)(H,24,28). The molecule has 3 rings (SSSR count). The first-order chi connectivity index (χ1) is 14.4. The number of rotatable bonds is 6. The van der Waals surface area contributed by atoms with Crippen molar-refractivity contribution in [3.63, 3.8) is 0 Å². The molecule has 0 unspecified atom stereocenters. The van der Waals surface area contributed by atoms with Crippen molar-refractivity contribution in [2.24, 2.45) is 5.92 Å². The van der Waals surface area contributed by atoms with E-state index in [0.29, 0.717) is 6.54 Å². The molecule has 1 aliphatic rings. The number of hydrogen-bond donors (Lipinski definition) is 2. The molecule has 2 amide bonds. The number of likely N-dealkylation sites (tertiary alicyclic amines) is 1. The van der Waals surface area contributed by atoms with Gasteiger partial charge in [-0.2, -0.15) is 4.39 Å². The van der Waals surface area contributed by atoms with E-state index in [1.54, 1.807) is 0 Å². The van der Waals surface area contributed by atoms with Gasteiger partial charge in [0.05, 0.1) is 4.92 Å². The van der Waals surface area contributed by atoms with E-state index in [4.69, 9.17) is 0 Å². The molecule has 1 heterocycles. The molecule has 9 heteroatoms. The smallest absolute Gasteiger partial charge is 0.313 e. The molecule has 2 aromatic rings. The first kappa shape index (κ1) is 21.4. The minimum Gasteiger partial charge on any atom is -0.348 e. The Hall–Kier alpha value is -3.33. The van der Waals surface area contributed by atoms with Gasteiger partial charge in [-0.1, -0.05) is 30.3 Å². The van der Waals surface area contributed by atoms with Crippen LogP contribution in [0.2, 0.25) is 0 Å². The van der Waals surface area contributed by atoms with Crippen molar-refractivity contribution in [1.82, 2.24) is 10.2 Å². The second kappa shape index (κ2) is 9.93. The number of amides is 2. The van der Waals surface area contributed by atoms with E-state index in [1.807, 2.05) is 18.2 Å². The van der Waals surface area contributed by atoms with Gasteiger partial charge < -0.3 is 10.6 Å². The monoisotopic (exact) mass is 414 g/mol. The highest BCUT2D eigenvalue weighted by Gasteiger charge is 2.22. The highest BCUT2D eigenvalue weighted by atomic mass is 19.1. The Morgan fingerprint density at radius 1 is 1.10 bits per heavy atom. The van der Waals surface area contributed by atoms with Gasteiger partial charge in [0.25, 0.3) is 0 Å². The largest absolute Gasteiger partial charge is 0.348 e. The highest BCUT2D eigenvalue weighted by Crippen LogP contribution is 2.22. The van der Waals surface area contributed by atoms with Crippen LogP contribution in [0.1, 0.15) is 18.4 Å². The summed E-state index contributed by atoms with van der Waals surface area (Å²) in [4.78, 5) is 36.3. The number of nitrogens with zero attached hydrogens (tertiary/aromatic N) is 2. The maximum absolute atomic E-state index is 13.4. The molecule has 0 aromatic heterocycles. The molecule has 0 atom stereocenters. The first-order valence-electron chi connectivity index (χ1n) is 9.72. The van der Waals surface area contributed by atoms with E-state index in [9.17, 15) is 24.1 Å². The Kier molecular flexibility index (Phi) is 7.08. The lowest BCUT2D eigenvalue weighted by molar-refractivity contribution is -0.387. The van der Waals surface area contributed by atoms with Gasteiger partial charge in [0.15, 0.2) is 0 Å². The zero-order valence-electron chi connectivity index (χ0n) is 16.3. The molecular formula is C21H23FN4O4. The Labute approximate surface area is 173 Å². The van der Waals surface area contributed by atoms with Crippen molar-refractivity contribution in [2.75, 3.05) is 25.0 Å². The summed E-state index contributed by atoms with van der Waals surface area (Å²) >= 11 is 0. The number of nitro benzene ring substituents is 1. The predicted molar refractivity (Wildman–Crippen MR) is 109 cm³/mol. The number of carbonyl (C=O) groups is 2. The van der Waals surface area contributed by atoms with Crippen LogP contribution in [-0.4, -0.2) is 41.3 Å². The van der Waals surface area contributed by atoms with Crippen LogP contribution in [0.25, 0.3) is 0 Å². The summed E-state index contributed by atoms with van der Waals surface area (Å²) in [5, 5.41) is 15.6. The molecule has 2 N–H and O–H groups in total. The van der Waals surface area contributed by atoms with E-state index in [-0.39, 0.29) is 11.6 Å². The normalized spacial score (nSPS) is 14.8. The maximum atomic E-state index is 13.4. The molecule has 0 spiro atoms. The van der Waals surface area contributed by atoms with Gasteiger partial charge in [-0.3, -0.25) is 24.6 Å². The lowest BCUT2D eigenvalue weighted by Gasteiger charge is -2.32. The Balaban J connectivity index is 1.42. The first-order valence-corrected chi connectivity index (χ1v) is 9.72. The lowest BCUT2D eigenvalue weighted by Crippen LogP contribution is -2.41. The van der Waals surface area contributed by atoms with E-state index < -0.39 is 28.2 Å². The van der Waals surface area contributed by atoms with Crippen molar-refractivity contribution in [2.45, 2.75) is 19.4 Å². The highest BCUT2D eigenvalue weighted by molar-refractivity contribution is 6.39. The van der Waals surface area contributed by atoms with Crippen LogP contribution < -0.4 is 10.6 Å². The molecule has 1 saturated heterocycles. The van der Waals surface area contributed by atoms with E-state index >= 15 is 0 Å². The second-order valence-corrected chi connectivity index (χ2v) is 7.29. The fourth-order valence-corrected chi connectivity index (χ4v) is 3.43. The third kappa shape index (κ3) is 5.84. The lowest BCUT2D eigenvalue weighted by atomic mass is 9.96. The third-order valence-corrected chi connectivity index (χ3v) is 5.11. The molecule has 0 radical (unpaired) electrons. The minimum absolute atomic E-state index is 0.0162. The van der Waals surface area contributed by atoms with Crippen molar-refractivity contribution >= 4 is 23.2 Å². The number of hydrogen-bond acceptors (Lipinski definition) is 5. The Morgan fingerprint density at radius 3 is 2.47 bits per heavy atom. The van der Waals surface area contributed by atoms with Gasteiger partial charge in [-0.25, -0.2) is 0 Å². The summed E-state index contributed by atoms with van der Waals surface area (Å²) in [6.45, 7) is 3.11. The number of halogens is 1. The third-order valence-electron chi connectivity index (χ3n) is 5.11. The number of piperidine rings is 1. The molecule has 1 fully saturated rings. The van der Waals surface area contributed by atoms with E-state index in [1.165, 1.54) is 5.56 Å². The Morgan fingerprint density at radius 2 is 1.80 bits per heavy atom. The summed E-state index contributed by atoms with van der Waals surface area (Å²) in [6.07, 6.45) is 1.83. The van der Waals surface area contributed by atoms with Gasteiger partial charge >= 0.3 is 17.5 Å². The van der Waals surface area contributed by atoms with Gasteiger partial charge in [0.2, 0.25) is 5.82 Å². The average Bonchev–Trinajstić information content (AvgIpc) is 2.75. The van der Waals surface area contributed by atoms with Crippen LogP contribution >= 0.6 is 0 Å². The van der Waals surface area contributed by atoms with E-state index in [0.717, 1.165) is 50.7 Å². The number of nitro groups is 1. The molecule has 0 saturated carbocycles. The van der Waals surface area contributed by atoms with Crippen molar-refractivity contribution < 1.29 is 18.9 Å². The molecule has 0 aliphatic carbocycles. The average molecular weight is 414 g/mol. The SMILES string of the molecule is O=C(NCC1CCN(Cc2ccccc2)CC1)C(=O)Nc1ccc(F)c([N+](=O)[O-])c1. The zero-order valence-corrected chi connectivity index (χ0v) is 16.3. The quantitative estimate of drug-likeness (QED) is 0.430. The van der Waals surface area contributed by atoms with Crippen LogP contribution in [0, 0.1) is 21.8 Å². The molecule has 158 valence electrons.